The van der Waals surface area contributed by atoms with Crippen molar-refractivity contribution in [3.8, 4) is 0 Å². The summed E-state index contributed by atoms with van der Waals surface area (Å²) in [5.41, 5.74) is 13.9. The average molecular weight is 206 g/mol. The van der Waals surface area contributed by atoms with E-state index >= 15 is 0 Å². The maximum Gasteiger partial charge on any atom is 0.208 e. The Morgan fingerprint density at radius 2 is 2.07 bits per heavy atom. The summed E-state index contributed by atoms with van der Waals surface area (Å²) < 4.78 is 0. The highest BCUT2D eigenvalue weighted by molar-refractivity contribution is 5.75. The molecule has 0 fully saturated rings. The molecule has 1 atom stereocenters. The first-order chi connectivity index (χ1) is 7.22. The molecule has 0 saturated carbocycles. The van der Waals surface area contributed by atoms with Gasteiger partial charge in [0.15, 0.2) is 0 Å². The van der Waals surface area contributed by atoms with E-state index in [1.165, 1.54) is 0 Å². The smallest absolute Gasteiger partial charge is 0.208 e. The normalized spacial score (nSPS) is 11.5. The van der Waals surface area contributed by atoms with Gasteiger partial charge in [0.25, 0.3) is 0 Å². The topological polar surface area (TPSA) is 93.5 Å². The third kappa shape index (κ3) is 4.12. The maximum absolute atomic E-state index is 10.7. The molecule has 0 aliphatic carbocycles. The highest BCUT2D eigenvalue weighted by atomic mass is 16.1. The molecule has 0 bridgehead atoms. The Balaban J connectivity index is 2.54. The molecular weight excluding hydrogens is 192 g/mol. The summed E-state index contributed by atoms with van der Waals surface area (Å²) in [4.78, 5) is 10.7. The van der Waals surface area contributed by atoms with Crippen molar-refractivity contribution >= 4 is 12.2 Å². The standard InChI is InChI=1S/C10H14N4O/c11-10(12)14-13-9(7-15)6-8-4-2-1-3-5-8/h1-5,7,9,13H,6H2,(H4,11,12,14)/t9-/m0/s1. The molecular formula is C10H14N4O. The van der Waals surface area contributed by atoms with Crippen molar-refractivity contribution in [1.82, 2.24) is 5.43 Å². The molecule has 0 unspecified atom stereocenters. The molecule has 0 aromatic heterocycles. The van der Waals surface area contributed by atoms with Gasteiger partial charge in [-0.3, -0.25) is 5.43 Å². The van der Waals surface area contributed by atoms with Crippen LogP contribution >= 0.6 is 0 Å². The molecule has 15 heavy (non-hydrogen) atoms. The summed E-state index contributed by atoms with van der Waals surface area (Å²) in [5, 5.41) is 3.58. The molecule has 0 aliphatic heterocycles. The fourth-order valence-corrected chi connectivity index (χ4v) is 1.15. The largest absolute Gasteiger partial charge is 0.369 e. The van der Waals surface area contributed by atoms with Gasteiger partial charge < -0.3 is 16.3 Å². The second kappa shape index (κ2) is 5.64. The van der Waals surface area contributed by atoms with Gasteiger partial charge in [-0.15, -0.1) is 5.10 Å². The predicted molar refractivity (Wildman–Crippen MR) is 58.9 cm³/mol. The van der Waals surface area contributed by atoms with E-state index in [-0.39, 0.29) is 5.96 Å². The Labute approximate surface area is 88.1 Å². The number of hydrazone groups is 1. The van der Waals surface area contributed by atoms with E-state index in [0.29, 0.717) is 6.42 Å². The molecule has 0 heterocycles. The van der Waals surface area contributed by atoms with E-state index < -0.39 is 6.04 Å². The van der Waals surface area contributed by atoms with Gasteiger partial charge in [-0.2, -0.15) is 0 Å². The lowest BCUT2D eigenvalue weighted by Gasteiger charge is -2.09. The van der Waals surface area contributed by atoms with E-state index in [4.69, 9.17) is 11.5 Å². The third-order valence-corrected chi connectivity index (χ3v) is 1.82. The van der Waals surface area contributed by atoms with Crippen LogP contribution in [0.1, 0.15) is 5.56 Å². The second-order valence-electron chi connectivity index (χ2n) is 3.10. The minimum atomic E-state index is -0.408. The van der Waals surface area contributed by atoms with Crippen molar-refractivity contribution in [2.24, 2.45) is 16.6 Å². The van der Waals surface area contributed by atoms with Crippen LogP contribution in [0.5, 0.6) is 0 Å². The van der Waals surface area contributed by atoms with Gasteiger partial charge in [0.1, 0.15) is 12.3 Å². The van der Waals surface area contributed by atoms with E-state index in [0.717, 1.165) is 11.8 Å². The fourth-order valence-electron chi connectivity index (χ4n) is 1.15. The van der Waals surface area contributed by atoms with Crippen LogP contribution in [-0.2, 0) is 11.2 Å². The van der Waals surface area contributed by atoms with Crippen LogP contribution in [0.3, 0.4) is 0 Å². The van der Waals surface area contributed by atoms with E-state index in [9.17, 15) is 4.79 Å². The first-order valence-electron chi connectivity index (χ1n) is 4.55. The van der Waals surface area contributed by atoms with Crippen molar-refractivity contribution in [3.63, 3.8) is 0 Å². The number of aldehydes is 1. The highest BCUT2D eigenvalue weighted by Crippen LogP contribution is 2.01. The highest BCUT2D eigenvalue weighted by Gasteiger charge is 2.06. The van der Waals surface area contributed by atoms with Crippen LogP contribution in [0.4, 0.5) is 0 Å². The summed E-state index contributed by atoms with van der Waals surface area (Å²) in [6.45, 7) is 0. The quantitative estimate of drug-likeness (QED) is 0.264. The molecule has 1 rings (SSSR count). The summed E-state index contributed by atoms with van der Waals surface area (Å²) in [7, 11) is 0. The van der Waals surface area contributed by atoms with Gasteiger partial charge >= 0.3 is 0 Å². The zero-order valence-electron chi connectivity index (χ0n) is 8.26. The SMILES string of the molecule is NC(N)=NN[C@H](C=O)Cc1ccccc1. The molecule has 0 spiro atoms. The van der Waals surface area contributed by atoms with Crippen LogP contribution in [0.25, 0.3) is 0 Å². The first kappa shape index (κ1) is 11.0. The summed E-state index contributed by atoms with van der Waals surface area (Å²) in [6.07, 6.45) is 1.33. The number of benzene rings is 1. The summed E-state index contributed by atoms with van der Waals surface area (Å²) >= 11 is 0. The van der Waals surface area contributed by atoms with Crippen LogP contribution in [0.15, 0.2) is 35.4 Å². The number of guanidine groups is 1. The number of carbonyl (C=O) groups excluding carboxylic acids is 1. The summed E-state index contributed by atoms with van der Waals surface area (Å²) in [5.74, 6) is -0.0880. The van der Waals surface area contributed by atoms with Crippen LogP contribution < -0.4 is 16.9 Å². The molecule has 0 aliphatic rings. The minimum absolute atomic E-state index is 0.0880. The molecule has 1 aromatic rings. The molecule has 0 amide bonds. The Hall–Kier alpha value is -2.04. The molecule has 5 N–H and O–H groups in total. The number of rotatable bonds is 5. The number of nitrogens with one attached hydrogen (secondary N) is 1. The van der Waals surface area contributed by atoms with Crippen molar-refractivity contribution in [3.05, 3.63) is 35.9 Å². The van der Waals surface area contributed by atoms with Gasteiger partial charge in [-0.1, -0.05) is 30.3 Å². The molecule has 1 aromatic carbocycles. The van der Waals surface area contributed by atoms with Crippen molar-refractivity contribution < 1.29 is 4.79 Å². The van der Waals surface area contributed by atoms with Gasteiger partial charge in [0.05, 0.1) is 0 Å². The first-order valence-corrected chi connectivity index (χ1v) is 4.55. The molecule has 80 valence electrons. The molecule has 5 nitrogen and oxygen atoms in total. The lowest BCUT2D eigenvalue weighted by molar-refractivity contribution is -0.109. The zero-order valence-corrected chi connectivity index (χ0v) is 8.26. The maximum atomic E-state index is 10.7. The second-order valence-corrected chi connectivity index (χ2v) is 3.10. The lowest BCUT2D eigenvalue weighted by Crippen LogP contribution is -2.33. The number of carbonyl (C=O) groups is 1. The fraction of sp³-hybridized carbons (Fsp3) is 0.200. The Morgan fingerprint density at radius 3 is 2.60 bits per heavy atom. The average Bonchev–Trinajstić information content (AvgIpc) is 2.25. The van der Waals surface area contributed by atoms with Crippen molar-refractivity contribution in [2.75, 3.05) is 0 Å². The Kier molecular flexibility index (Phi) is 4.15. The predicted octanol–water partition coefficient (Wildman–Crippen LogP) is -0.425. The Bertz CT molecular complexity index is 333. The van der Waals surface area contributed by atoms with Crippen molar-refractivity contribution in [2.45, 2.75) is 12.5 Å². The van der Waals surface area contributed by atoms with Crippen LogP contribution in [0, 0.1) is 0 Å². The number of nitrogens with two attached hydrogens (primary N) is 2. The number of hydrogen-bond donors (Lipinski definition) is 3. The van der Waals surface area contributed by atoms with E-state index in [2.05, 4.69) is 10.5 Å². The number of nitrogens with zero attached hydrogens (tertiary/aromatic N) is 1. The zero-order chi connectivity index (χ0) is 11.1. The van der Waals surface area contributed by atoms with Gasteiger partial charge in [-0.25, -0.2) is 0 Å². The lowest BCUT2D eigenvalue weighted by atomic mass is 10.1. The van der Waals surface area contributed by atoms with Crippen LogP contribution in [-0.4, -0.2) is 18.3 Å². The van der Waals surface area contributed by atoms with Crippen LogP contribution in [0.2, 0.25) is 0 Å². The molecule has 0 saturated heterocycles. The monoisotopic (exact) mass is 206 g/mol. The van der Waals surface area contributed by atoms with E-state index in [1.54, 1.807) is 0 Å². The van der Waals surface area contributed by atoms with Gasteiger partial charge in [-0.05, 0) is 5.56 Å². The molecule has 5 heteroatoms. The Morgan fingerprint density at radius 1 is 1.40 bits per heavy atom. The molecule has 0 radical (unpaired) electrons. The van der Waals surface area contributed by atoms with Gasteiger partial charge in [0, 0.05) is 6.42 Å². The number of hydrogen-bond acceptors (Lipinski definition) is 3. The minimum Gasteiger partial charge on any atom is -0.369 e. The third-order valence-electron chi connectivity index (χ3n) is 1.82. The van der Waals surface area contributed by atoms with Crippen molar-refractivity contribution in [1.29, 1.82) is 0 Å². The van der Waals surface area contributed by atoms with Gasteiger partial charge in [0.2, 0.25) is 5.96 Å². The van der Waals surface area contributed by atoms with E-state index in [1.807, 2.05) is 30.3 Å². The summed E-state index contributed by atoms with van der Waals surface area (Å²) in [6, 6.07) is 9.22.